The smallest absolute Gasteiger partial charge is 0.348 e. The van der Waals surface area contributed by atoms with E-state index in [9.17, 15) is 14.4 Å². The van der Waals surface area contributed by atoms with Crippen LogP contribution in [0.1, 0.15) is 52.2 Å². The molecule has 2 aliphatic carbocycles. The Hall–Kier alpha value is -1.89. The minimum atomic E-state index is -0.616. The number of aryl methyl sites for hydroxylation is 2. The molecule has 0 spiro atoms. The summed E-state index contributed by atoms with van der Waals surface area (Å²) in [6.07, 6.45) is 7.43. The Bertz CT molecular complexity index is 598. The number of rotatable bonds is 4. The molecule has 1 heterocycles. The highest BCUT2D eigenvalue weighted by Crippen LogP contribution is 2.29. The monoisotopic (exact) mass is 336 g/mol. The van der Waals surface area contributed by atoms with Crippen molar-refractivity contribution in [2.75, 3.05) is 6.61 Å². The molecule has 3 rings (SSSR count). The van der Waals surface area contributed by atoms with E-state index in [-0.39, 0.29) is 6.04 Å². The zero-order chi connectivity index (χ0) is 16.2. The van der Waals surface area contributed by atoms with E-state index in [0.29, 0.717) is 4.88 Å². The maximum atomic E-state index is 12.0. The number of urea groups is 1. The molecular formula is C16H20N2O4S. The lowest BCUT2D eigenvalue weighted by molar-refractivity contribution is -0.123. The highest BCUT2D eigenvalue weighted by atomic mass is 32.1. The molecule has 2 N–H and O–H groups in total. The van der Waals surface area contributed by atoms with Crippen molar-refractivity contribution in [3.05, 3.63) is 21.4 Å². The van der Waals surface area contributed by atoms with Gasteiger partial charge in [-0.2, -0.15) is 0 Å². The number of thiophene rings is 1. The molecular weight excluding hydrogens is 316 g/mol. The summed E-state index contributed by atoms with van der Waals surface area (Å²) in [6.45, 7) is -0.445. The van der Waals surface area contributed by atoms with Gasteiger partial charge in [-0.15, -0.1) is 11.3 Å². The SMILES string of the molecule is O=C(COC(=O)c1cc2c(s1)CCCCC2)NC(=O)NC1CC1. The third-order valence-electron chi connectivity index (χ3n) is 3.95. The molecule has 0 saturated heterocycles. The lowest BCUT2D eigenvalue weighted by atomic mass is 10.1. The van der Waals surface area contributed by atoms with Crippen molar-refractivity contribution in [2.24, 2.45) is 0 Å². The van der Waals surface area contributed by atoms with Gasteiger partial charge in [-0.05, 0) is 50.2 Å². The third kappa shape index (κ3) is 4.54. The maximum Gasteiger partial charge on any atom is 0.348 e. The first-order valence-corrected chi connectivity index (χ1v) is 8.82. The summed E-state index contributed by atoms with van der Waals surface area (Å²) in [6, 6.07) is 1.52. The zero-order valence-corrected chi connectivity index (χ0v) is 13.7. The summed E-state index contributed by atoms with van der Waals surface area (Å²) in [5.74, 6) is -1.12. The molecule has 1 aromatic rings. The van der Waals surface area contributed by atoms with E-state index < -0.39 is 24.5 Å². The third-order valence-corrected chi connectivity index (χ3v) is 5.16. The Morgan fingerprint density at radius 1 is 1.17 bits per heavy atom. The van der Waals surface area contributed by atoms with E-state index in [0.717, 1.165) is 38.5 Å². The minimum Gasteiger partial charge on any atom is -0.451 e. The van der Waals surface area contributed by atoms with Gasteiger partial charge in [-0.1, -0.05) is 6.42 Å². The number of hydrogen-bond acceptors (Lipinski definition) is 5. The van der Waals surface area contributed by atoms with E-state index in [4.69, 9.17) is 4.74 Å². The molecule has 0 unspecified atom stereocenters. The Balaban J connectivity index is 1.47. The Morgan fingerprint density at radius 2 is 1.96 bits per heavy atom. The van der Waals surface area contributed by atoms with Crippen LogP contribution in [0.3, 0.4) is 0 Å². The van der Waals surface area contributed by atoms with Crippen LogP contribution in [0.25, 0.3) is 0 Å². The van der Waals surface area contributed by atoms with Gasteiger partial charge in [0.2, 0.25) is 0 Å². The van der Waals surface area contributed by atoms with Gasteiger partial charge in [0.25, 0.3) is 5.91 Å². The molecule has 23 heavy (non-hydrogen) atoms. The summed E-state index contributed by atoms with van der Waals surface area (Å²) in [7, 11) is 0. The molecule has 1 aromatic heterocycles. The van der Waals surface area contributed by atoms with E-state index in [1.54, 1.807) is 0 Å². The number of imide groups is 1. The van der Waals surface area contributed by atoms with Gasteiger partial charge in [0.05, 0.1) is 0 Å². The molecule has 0 bridgehead atoms. The van der Waals surface area contributed by atoms with Crippen molar-refractivity contribution in [1.29, 1.82) is 0 Å². The summed E-state index contributed by atoms with van der Waals surface area (Å²) in [5, 5.41) is 4.79. The highest BCUT2D eigenvalue weighted by molar-refractivity contribution is 7.14. The molecule has 2 aliphatic rings. The highest BCUT2D eigenvalue weighted by Gasteiger charge is 2.24. The predicted molar refractivity (Wildman–Crippen MR) is 85.6 cm³/mol. The van der Waals surface area contributed by atoms with Crippen molar-refractivity contribution in [2.45, 2.75) is 51.0 Å². The average molecular weight is 336 g/mol. The lowest BCUT2D eigenvalue weighted by Crippen LogP contribution is -2.42. The number of amides is 3. The Labute approximate surface area is 138 Å². The Morgan fingerprint density at radius 3 is 2.74 bits per heavy atom. The van der Waals surface area contributed by atoms with Crippen LogP contribution in [0.4, 0.5) is 4.79 Å². The number of carbonyl (C=O) groups is 3. The number of carbonyl (C=O) groups excluding carboxylic acids is 3. The van der Waals surface area contributed by atoms with E-state index in [2.05, 4.69) is 10.6 Å². The molecule has 124 valence electrons. The molecule has 1 fully saturated rings. The van der Waals surface area contributed by atoms with Crippen LogP contribution in [0.5, 0.6) is 0 Å². The molecule has 0 atom stereocenters. The van der Waals surface area contributed by atoms with Crippen LogP contribution in [-0.2, 0) is 22.4 Å². The second-order valence-corrected chi connectivity index (χ2v) is 7.13. The van der Waals surface area contributed by atoms with Crippen molar-refractivity contribution < 1.29 is 19.1 Å². The number of esters is 1. The van der Waals surface area contributed by atoms with Crippen LogP contribution < -0.4 is 10.6 Å². The number of nitrogens with one attached hydrogen (secondary N) is 2. The van der Waals surface area contributed by atoms with Crippen LogP contribution in [0.2, 0.25) is 0 Å². The van der Waals surface area contributed by atoms with Crippen LogP contribution in [0, 0.1) is 0 Å². The van der Waals surface area contributed by atoms with Crippen molar-refractivity contribution >= 4 is 29.2 Å². The molecule has 3 amide bonds. The van der Waals surface area contributed by atoms with Gasteiger partial charge in [-0.25, -0.2) is 9.59 Å². The van der Waals surface area contributed by atoms with Crippen LogP contribution >= 0.6 is 11.3 Å². The molecule has 7 heteroatoms. The molecule has 1 saturated carbocycles. The fourth-order valence-electron chi connectivity index (χ4n) is 2.58. The van der Waals surface area contributed by atoms with Gasteiger partial charge in [0.15, 0.2) is 6.61 Å². The first-order valence-electron chi connectivity index (χ1n) is 8.01. The zero-order valence-electron chi connectivity index (χ0n) is 12.9. The van der Waals surface area contributed by atoms with Gasteiger partial charge in [0, 0.05) is 10.9 Å². The fourth-order valence-corrected chi connectivity index (χ4v) is 3.73. The predicted octanol–water partition coefficient (Wildman–Crippen LogP) is 2.16. The summed E-state index contributed by atoms with van der Waals surface area (Å²) in [4.78, 5) is 36.8. The standard InChI is InChI=1S/C16H20N2O4S/c19-14(18-16(21)17-11-6-7-11)9-22-15(20)13-8-10-4-2-1-3-5-12(10)23-13/h8,11H,1-7,9H2,(H2,17,18,19,21). The van der Waals surface area contributed by atoms with Gasteiger partial charge in [0.1, 0.15) is 4.88 Å². The summed E-state index contributed by atoms with van der Waals surface area (Å²) in [5.41, 5.74) is 1.23. The topological polar surface area (TPSA) is 84.5 Å². The first-order chi connectivity index (χ1) is 11.1. The number of fused-ring (bicyclic) bond motifs is 1. The van der Waals surface area contributed by atoms with E-state index in [1.165, 1.54) is 28.2 Å². The van der Waals surface area contributed by atoms with E-state index >= 15 is 0 Å². The molecule has 0 aliphatic heterocycles. The molecule has 0 radical (unpaired) electrons. The normalized spacial score (nSPS) is 16.9. The van der Waals surface area contributed by atoms with Crippen LogP contribution in [-0.4, -0.2) is 30.6 Å². The van der Waals surface area contributed by atoms with Crippen molar-refractivity contribution in [3.63, 3.8) is 0 Å². The Kier molecular flexibility index (Phi) is 4.95. The van der Waals surface area contributed by atoms with Gasteiger partial charge < -0.3 is 10.1 Å². The largest absolute Gasteiger partial charge is 0.451 e. The van der Waals surface area contributed by atoms with Crippen molar-refractivity contribution in [3.8, 4) is 0 Å². The lowest BCUT2D eigenvalue weighted by Gasteiger charge is -2.05. The number of hydrogen-bond donors (Lipinski definition) is 2. The van der Waals surface area contributed by atoms with E-state index in [1.807, 2.05) is 6.07 Å². The minimum absolute atomic E-state index is 0.173. The van der Waals surface area contributed by atoms with Gasteiger partial charge >= 0.3 is 12.0 Å². The molecule has 0 aromatic carbocycles. The quantitative estimate of drug-likeness (QED) is 0.652. The van der Waals surface area contributed by atoms with Gasteiger partial charge in [-0.3, -0.25) is 10.1 Å². The second kappa shape index (κ2) is 7.12. The van der Waals surface area contributed by atoms with Crippen LogP contribution in [0.15, 0.2) is 6.07 Å². The first kappa shape index (κ1) is 16.0. The molecule has 6 nitrogen and oxygen atoms in total. The maximum absolute atomic E-state index is 12.0. The average Bonchev–Trinajstić information content (AvgIpc) is 3.27. The summed E-state index contributed by atoms with van der Waals surface area (Å²) < 4.78 is 5.00. The van der Waals surface area contributed by atoms with Crippen molar-refractivity contribution in [1.82, 2.24) is 10.6 Å². The number of ether oxygens (including phenoxy) is 1. The fraction of sp³-hybridized carbons (Fsp3) is 0.562. The summed E-state index contributed by atoms with van der Waals surface area (Å²) >= 11 is 1.45. The second-order valence-electron chi connectivity index (χ2n) is 5.99.